The largest absolute Gasteiger partial charge is 0.394 e. The van der Waals surface area contributed by atoms with E-state index in [1.165, 1.54) is 0 Å². The third-order valence-corrected chi connectivity index (χ3v) is 2.43. The van der Waals surface area contributed by atoms with Gasteiger partial charge in [-0.05, 0) is 0 Å². The quantitative estimate of drug-likeness (QED) is 0.305. The fraction of sp³-hybridized carbons (Fsp3) is 1.00. The van der Waals surface area contributed by atoms with Crippen LogP contribution in [-0.4, -0.2) is 56.9 Å². The first-order chi connectivity index (χ1) is 5.57. The predicted octanol–water partition coefficient (Wildman–Crippen LogP) is -2.28. The van der Waals surface area contributed by atoms with Crippen LogP contribution in [0.5, 0.6) is 0 Å². The maximum Gasteiger partial charge on any atom is 0.169 e. The molecule has 0 aromatic rings. The Labute approximate surface area is 75.0 Å². The monoisotopic (exact) mass is 196 g/mol. The molecule has 4 N–H and O–H groups in total. The second kappa shape index (κ2) is 3.91. The molecule has 72 valence electrons. The van der Waals surface area contributed by atoms with Gasteiger partial charge in [-0.25, -0.2) is 0 Å². The topological polar surface area (TPSA) is 90.2 Å². The lowest BCUT2D eigenvalue weighted by Crippen LogP contribution is -2.56. The van der Waals surface area contributed by atoms with Crippen molar-refractivity contribution in [3.05, 3.63) is 0 Å². The van der Waals surface area contributed by atoms with Crippen LogP contribution in [0.15, 0.2) is 0 Å². The SMILES string of the molecule is OC[C@H]1O[C@H](O)[C@@H](S)[C@@H](O)[C@H]1O. The zero-order chi connectivity index (χ0) is 9.30. The van der Waals surface area contributed by atoms with E-state index < -0.39 is 36.5 Å². The van der Waals surface area contributed by atoms with E-state index in [1.807, 2.05) is 0 Å². The highest BCUT2D eigenvalue weighted by atomic mass is 32.1. The van der Waals surface area contributed by atoms with Gasteiger partial charge in [0.2, 0.25) is 0 Å². The average Bonchev–Trinajstić information content (AvgIpc) is 2.08. The Morgan fingerprint density at radius 2 is 1.75 bits per heavy atom. The summed E-state index contributed by atoms with van der Waals surface area (Å²) in [5.41, 5.74) is 0. The van der Waals surface area contributed by atoms with Gasteiger partial charge in [0.1, 0.15) is 12.2 Å². The van der Waals surface area contributed by atoms with E-state index in [9.17, 15) is 10.2 Å². The molecule has 0 spiro atoms. The van der Waals surface area contributed by atoms with Gasteiger partial charge in [0.15, 0.2) is 6.29 Å². The van der Waals surface area contributed by atoms with Crippen LogP contribution >= 0.6 is 12.6 Å². The highest BCUT2D eigenvalue weighted by Crippen LogP contribution is 2.22. The Bertz CT molecular complexity index is 150. The molecule has 0 unspecified atom stereocenters. The van der Waals surface area contributed by atoms with Crippen molar-refractivity contribution in [2.75, 3.05) is 6.61 Å². The van der Waals surface area contributed by atoms with Gasteiger partial charge in [-0.3, -0.25) is 0 Å². The summed E-state index contributed by atoms with van der Waals surface area (Å²) in [6, 6.07) is 0. The van der Waals surface area contributed by atoms with Crippen LogP contribution < -0.4 is 0 Å². The Hall–Kier alpha value is 0.150. The number of aliphatic hydroxyl groups is 4. The van der Waals surface area contributed by atoms with Crippen molar-refractivity contribution in [1.29, 1.82) is 0 Å². The molecule has 1 fully saturated rings. The first-order valence-corrected chi connectivity index (χ1v) is 4.08. The molecular weight excluding hydrogens is 184 g/mol. The molecule has 0 aromatic carbocycles. The fourth-order valence-electron chi connectivity index (χ4n) is 1.08. The molecule has 0 bridgehead atoms. The van der Waals surface area contributed by atoms with Crippen LogP contribution in [0.4, 0.5) is 0 Å². The second-order valence-corrected chi connectivity index (χ2v) is 3.32. The number of ether oxygens (including phenoxy) is 1. The van der Waals surface area contributed by atoms with Gasteiger partial charge in [0.25, 0.3) is 0 Å². The zero-order valence-corrected chi connectivity index (χ0v) is 7.13. The molecule has 0 aliphatic carbocycles. The number of thiol groups is 1. The third-order valence-electron chi connectivity index (χ3n) is 1.87. The van der Waals surface area contributed by atoms with Crippen LogP contribution in [0.3, 0.4) is 0 Å². The predicted molar refractivity (Wildman–Crippen MR) is 42.8 cm³/mol. The summed E-state index contributed by atoms with van der Waals surface area (Å²) in [6.45, 7) is -0.449. The lowest BCUT2D eigenvalue weighted by atomic mass is 10.0. The summed E-state index contributed by atoms with van der Waals surface area (Å²) in [7, 11) is 0. The third kappa shape index (κ3) is 1.73. The zero-order valence-electron chi connectivity index (χ0n) is 6.24. The number of aliphatic hydroxyl groups excluding tert-OH is 4. The molecular formula is C6H12O5S. The molecule has 1 saturated heterocycles. The van der Waals surface area contributed by atoms with Crippen LogP contribution in [0, 0.1) is 0 Å². The first-order valence-electron chi connectivity index (χ1n) is 3.56. The van der Waals surface area contributed by atoms with Gasteiger partial charge in [-0.15, -0.1) is 0 Å². The van der Waals surface area contributed by atoms with E-state index in [2.05, 4.69) is 12.6 Å². The molecule has 12 heavy (non-hydrogen) atoms. The van der Waals surface area contributed by atoms with E-state index in [-0.39, 0.29) is 0 Å². The number of hydrogen-bond donors (Lipinski definition) is 5. The molecule has 0 aromatic heterocycles. The van der Waals surface area contributed by atoms with Crippen molar-refractivity contribution in [3.8, 4) is 0 Å². The van der Waals surface area contributed by atoms with Gasteiger partial charge in [-0.1, -0.05) is 0 Å². The smallest absolute Gasteiger partial charge is 0.169 e. The summed E-state index contributed by atoms with van der Waals surface area (Å²) in [4.78, 5) is 0. The molecule has 1 heterocycles. The molecule has 1 rings (SSSR count). The van der Waals surface area contributed by atoms with Crippen molar-refractivity contribution in [3.63, 3.8) is 0 Å². The van der Waals surface area contributed by atoms with Crippen molar-refractivity contribution in [1.82, 2.24) is 0 Å². The molecule has 0 radical (unpaired) electrons. The van der Waals surface area contributed by atoms with Crippen molar-refractivity contribution >= 4 is 12.6 Å². The van der Waals surface area contributed by atoms with Gasteiger partial charge >= 0.3 is 0 Å². The van der Waals surface area contributed by atoms with Gasteiger partial charge in [-0.2, -0.15) is 12.6 Å². The summed E-state index contributed by atoms with van der Waals surface area (Å²) in [6.07, 6.45) is -4.60. The van der Waals surface area contributed by atoms with Gasteiger partial charge < -0.3 is 25.2 Å². The minimum atomic E-state index is -1.26. The molecule has 1 aliphatic heterocycles. The van der Waals surface area contributed by atoms with Gasteiger partial charge in [0, 0.05) is 0 Å². The van der Waals surface area contributed by atoms with Crippen molar-refractivity contribution < 1.29 is 25.2 Å². The average molecular weight is 196 g/mol. The summed E-state index contributed by atoms with van der Waals surface area (Å²) < 4.78 is 4.75. The minimum Gasteiger partial charge on any atom is -0.394 e. The molecule has 0 saturated carbocycles. The normalized spacial score (nSPS) is 49.2. The molecule has 5 nitrogen and oxygen atoms in total. The maximum atomic E-state index is 9.24. The second-order valence-electron chi connectivity index (χ2n) is 2.72. The summed E-state index contributed by atoms with van der Waals surface area (Å²) in [5.74, 6) is 0. The Kier molecular flexibility index (Phi) is 3.33. The lowest BCUT2D eigenvalue weighted by molar-refractivity contribution is -0.234. The van der Waals surface area contributed by atoms with E-state index in [4.69, 9.17) is 14.9 Å². The fourth-order valence-corrected chi connectivity index (χ4v) is 1.33. The van der Waals surface area contributed by atoms with Crippen LogP contribution in [0.2, 0.25) is 0 Å². The lowest BCUT2D eigenvalue weighted by Gasteiger charge is -2.37. The molecule has 6 heteroatoms. The highest BCUT2D eigenvalue weighted by Gasteiger charge is 2.41. The Balaban J connectivity index is 2.63. The minimum absolute atomic E-state index is 0.449. The van der Waals surface area contributed by atoms with Gasteiger partial charge in [0.05, 0.1) is 18.0 Å². The van der Waals surface area contributed by atoms with Crippen molar-refractivity contribution in [2.45, 2.75) is 29.9 Å². The van der Waals surface area contributed by atoms with E-state index in [0.29, 0.717) is 0 Å². The van der Waals surface area contributed by atoms with E-state index in [0.717, 1.165) is 0 Å². The van der Waals surface area contributed by atoms with Crippen molar-refractivity contribution in [2.24, 2.45) is 0 Å². The Morgan fingerprint density at radius 3 is 2.25 bits per heavy atom. The van der Waals surface area contributed by atoms with E-state index >= 15 is 0 Å². The molecule has 1 aliphatic rings. The van der Waals surface area contributed by atoms with Crippen LogP contribution in [0.1, 0.15) is 0 Å². The van der Waals surface area contributed by atoms with Crippen LogP contribution in [-0.2, 0) is 4.74 Å². The maximum absolute atomic E-state index is 9.24. The number of rotatable bonds is 1. The highest BCUT2D eigenvalue weighted by molar-refractivity contribution is 7.81. The van der Waals surface area contributed by atoms with Crippen LogP contribution in [0.25, 0.3) is 0 Å². The molecule has 5 atom stereocenters. The number of hydrogen-bond acceptors (Lipinski definition) is 6. The Morgan fingerprint density at radius 1 is 1.17 bits per heavy atom. The summed E-state index contributed by atoms with van der Waals surface area (Å²) in [5, 5.41) is 35.4. The first kappa shape index (κ1) is 10.2. The molecule has 0 amide bonds. The summed E-state index contributed by atoms with van der Waals surface area (Å²) >= 11 is 3.82. The van der Waals surface area contributed by atoms with E-state index in [1.54, 1.807) is 0 Å². The standard InChI is InChI=1S/C6H12O5S/c7-1-2-3(8)4(9)5(12)6(10)11-2/h2-10,12H,1H2/t2-,3+,4+,5+,6+/m1/s1.